The molecule has 0 radical (unpaired) electrons. The second kappa shape index (κ2) is 10.6. The summed E-state index contributed by atoms with van der Waals surface area (Å²) in [5.74, 6) is -0.652. The molecule has 1 fully saturated rings. The summed E-state index contributed by atoms with van der Waals surface area (Å²) >= 11 is 0. The lowest BCUT2D eigenvalue weighted by Gasteiger charge is -2.31. The van der Waals surface area contributed by atoms with Crippen molar-refractivity contribution in [1.82, 2.24) is 9.80 Å². The Morgan fingerprint density at radius 3 is 2.55 bits per heavy atom. The number of likely N-dealkylation sites (N-methyl/N-ethyl adjacent to an activating group) is 1. The molecule has 1 aliphatic heterocycles. The Morgan fingerprint density at radius 1 is 1.21 bits per heavy atom. The normalized spacial score (nSPS) is 15.5. The molecular formula is C19H22N6O4. The van der Waals surface area contributed by atoms with Crippen molar-refractivity contribution in [2.75, 3.05) is 40.3 Å². The van der Waals surface area contributed by atoms with Crippen molar-refractivity contribution in [2.24, 2.45) is 10.3 Å². The number of hydrogen-bond acceptors (Lipinski definition) is 6. The molecule has 152 valence electrons. The lowest BCUT2D eigenvalue weighted by atomic mass is 10.1. The second-order valence-corrected chi connectivity index (χ2v) is 6.27. The van der Waals surface area contributed by atoms with Crippen molar-refractivity contribution in [1.29, 1.82) is 0 Å². The van der Waals surface area contributed by atoms with E-state index in [4.69, 9.17) is 10.3 Å². The zero-order chi connectivity index (χ0) is 21.2. The molecular weight excluding hydrogens is 376 g/mol. The van der Waals surface area contributed by atoms with E-state index in [2.05, 4.69) is 20.1 Å². The van der Waals surface area contributed by atoms with Crippen molar-refractivity contribution >= 4 is 23.6 Å². The average Bonchev–Trinajstić information content (AvgIpc) is 2.74. The Bertz CT molecular complexity index is 894. The Kier molecular flexibility index (Phi) is 7.96. The largest absolute Gasteiger partial charge is 0.496 e. The zero-order valence-electron chi connectivity index (χ0n) is 16.2. The van der Waals surface area contributed by atoms with E-state index < -0.39 is 5.91 Å². The minimum Gasteiger partial charge on any atom is -0.496 e. The first-order chi connectivity index (χ1) is 14.0. The third kappa shape index (κ3) is 6.20. The van der Waals surface area contributed by atoms with Gasteiger partial charge in [-0.05, 0) is 47.5 Å². The minimum absolute atomic E-state index is 0.107. The number of nitrogens with zero attached hydrogens (tertiary/aromatic N) is 6. The summed E-state index contributed by atoms with van der Waals surface area (Å²) in [7, 11) is 3.40. The Morgan fingerprint density at radius 2 is 1.93 bits per heavy atom. The molecule has 0 unspecified atom stereocenters. The standard InChI is InChI=1S/C19H22N6O4/c1-24-9-11-25(12-10-24)18(26)8-6-15(22-28)5-3-14-4-7-17(29-2)16(13-14)19(27)21-23-20/h3-8,13,28H,9-12H2,1-2H3/b5-3+,8-6+,22-15-. The molecule has 2 amide bonds. The monoisotopic (exact) mass is 398 g/mol. The number of piperazine rings is 1. The maximum atomic E-state index is 12.2. The molecule has 0 aliphatic carbocycles. The molecule has 0 spiro atoms. The van der Waals surface area contributed by atoms with Gasteiger partial charge in [0.05, 0.1) is 12.7 Å². The highest BCUT2D eigenvalue weighted by Crippen LogP contribution is 2.21. The van der Waals surface area contributed by atoms with Gasteiger partial charge in [-0.1, -0.05) is 17.3 Å². The number of rotatable bonds is 6. The molecule has 2 rings (SSSR count). The lowest BCUT2D eigenvalue weighted by molar-refractivity contribution is -0.127. The molecule has 1 N–H and O–H groups in total. The van der Waals surface area contributed by atoms with E-state index in [0.717, 1.165) is 13.1 Å². The smallest absolute Gasteiger partial charge is 0.252 e. The summed E-state index contributed by atoms with van der Waals surface area (Å²) in [5.41, 5.74) is 9.30. The Hall–Kier alpha value is -3.62. The van der Waals surface area contributed by atoms with Crippen LogP contribution in [-0.2, 0) is 4.79 Å². The molecule has 0 aromatic heterocycles. The first-order valence-corrected chi connectivity index (χ1v) is 8.81. The molecule has 29 heavy (non-hydrogen) atoms. The first kappa shape index (κ1) is 21.7. The Labute approximate surface area is 168 Å². The van der Waals surface area contributed by atoms with Crippen LogP contribution < -0.4 is 4.74 Å². The number of amides is 2. The molecule has 1 heterocycles. The Balaban J connectivity index is 2.10. The van der Waals surface area contributed by atoms with E-state index in [0.29, 0.717) is 18.7 Å². The number of azide groups is 1. The zero-order valence-corrected chi connectivity index (χ0v) is 16.2. The van der Waals surface area contributed by atoms with Gasteiger partial charge in [0.2, 0.25) is 5.91 Å². The topological polar surface area (TPSA) is 131 Å². The molecule has 1 aromatic rings. The first-order valence-electron chi connectivity index (χ1n) is 8.81. The highest BCUT2D eigenvalue weighted by molar-refractivity contribution is 6.09. The fourth-order valence-electron chi connectivity index (χ4n) is 2.68. The van der Waals surface area contributed by atoms with Crippen LogP contribution in [0.1, 0.15) is 15.9 Å². The summed E-state index contributed by atoms with van der Waals surface area (Å²) in [6, 6.07) is 4.72. The van der Waals surface area contributed by atoms with Crippen molar-refractivity contribution in [3.8, 4) is 5.75 Å². The van der Waals surface area contributed by atoms with Gasteiger partial charge in [-0.3, -0.25) is 9.59 Å². The number of hydrogen-bond donors (Lipinski definition) is 1. The maximum absolute atomic E-state index is 12.2. The number of carbonyl (C=O) groups is 2. The van der Waals surface area contributed by atoms with Gasteiger partial charge in [0.25, 0.3) is 5.91 Å². The van der Waals surface area contributed by atoms with E-state index in [1.807, 2.05) is 7.05 Å². The third-order valence-corrected chi connectivity index (χ3v) is 4.36. The van der Waals surface area contributed by atoms with Crippen LogP contribution in [0.25, 0.3) is 16.5 Å². The summed E-state index contributed by atoms with van der Waals surface area (Å²) in [6.45, 7) is 2.92. The van der Waals surface area contributed by atoms with Crippen molar-refractivity contribution < 1.29 is 19.5 Å². The van der Waals surface area contributed by atoms with Crippen LogP contribution in [0.3, 0.4) is 0 Å². The number of ether oxygens (including phenoxy) is 1. The molecule has 1 saturated heterocycles. The molecule has 0 saturated carbocycles. The van der Waals surface area contributed by atoms with Crippen molar-refractivity contribution in [3.05, 3.63) is 58.0 Å². The molecule has 10 heteroatoms. The van der Waals surface area contributed by atoms with Gasteiger partial charge in [0.15, 0.2) is 0 Å². The fraction of sp³-hybridized carbons (Fsp3) is 0.316. The molecule has 1 aliphatic rings. The van der Waals surface area contributed by atoms with E-state index in [1.54, 1.807) is 23.1 Å². The second-order valence-electron chi connectivity index (χ2n) is 6.27. The molecule has 10 nitrogen and oxygen atoms in total. The van der Waals surface area contributed by atoms with Gasteiger partial charge < -0.3 is 19.7 Å². The van der Waals surface area contributed by atoms with Crippen LogP contribution in [0.4, 0.5) is 0 Å². The summed E-state index contributed by atoms with van der Waals surface area (Å²) < 4.78 is 5.10. The summed E-state index contributed by atoms with van der Waals surface area (Å²) in [5, 5.41) is 15.4. The van der Waals surface area contributed by atoms with Gasteiger partial charge in [-0.25, -0.2) is 0 Å². The predicted molar refractivity (Wildman–Crippen MR) is 108 cm³/mol. The van der Waals surface area contributed by atoms with Gasteiger partial charge in [-0.15, -0.1) is 0 Å². The van der Waals surface area contributed by atoms with E-state index >= 15 is 0 Å². The number of carbonyl (C=O) groups excluding carboxylic acids is 2. The quantitative estimate of drug-likeness (QED) is 0.149. The maximum Gasteiger partial charge on any atom is 0.252 e. The third-order valence-electron chi connectivity index (χ3n) is 4.36. The summed E-state index contributed by atoms with van der Waals surface area (Å²) in [4.78, 5) is 30.5. The number of oxime groups is 1. The van der Waals surface area contributed by atoms with Crippen LogP contribution in [0.15, 0.2) is 46.7 Å². The van der Waals surface area contributed by atoms with Gasteiger partial charge >= 0.3 is 0 Å². The number of benzene rings is 1. The van der Waals surface area contributed by atoms with Gasteiger partial charge in [-0.2, -0.15) is 0 Å². The minimum atomic E-state index is -0.770. The van der Waals surface area contributed by atoms with Crippen LogP contribution in [0.5, 0.6) is 5.75 Å². The fourth-order valence-corrected chi connectivity index (χ4v) is 2.68. The molecule has 1 aromatic carbocycles. The van der Waals surface area contributed by atoms with E-state index in [9.17, 15) is 14.8 Å². The SMILES string of the molecule is COc1ccc(/C=C/C(/C=C/C(=O)N2CCN(C)CC2)=N/O)cc1C(=O)N=[N+]=[N-]. The van der Waals surface area contributed by atoms with Crippen LogP contribution in [0.2, 0.25) is 0 Å². The summed E-state index contributed by atoms with van der Waals surface area (Å²) in [6.07, 6.45) is 5.84. The number of methoxy groups -OCH3 is 1. The highest BCUT2D eigenvalue weighted by Gasteiger charge is 2.16. The van der Waals surface area contributed by atoms with E-state index in [1.165, 1.54) is 31.4 Å². The molecule has 0 atom stereocenters. The van der Waals surface area contributed by atoms with Crippen molar-refractivity contribution in [2.45, 2.75) is 0 Å². The molecule has 0 bridgehead atoms. The van der Waals surface area contributed by atoms with E-state index in [-0.39, 0.29) is 22.9 Å². The van der Waals surface area contributed by atoms with Crippen LogP contribution >= 0.6 is 0 Å². The predicted octanol–water partition coefficient (Wildman–Crippen LogP) is 2.32. The van der Waals surface area contributed by atoms with Crippen LogP contribution in [-0.4, -0.2) is 72.9 Å². The van der Waals surface area contributed by atoms with Crippen molar-refractivity contribution in [3.63, 3.8) is 0 Å². The van der Waals surface area contributed by atoms with Gasteiger partial charge in [0.1, 0.15) is 11.5 Å². The van der Waals surface area contributed by atoms with Crippen LogP contribution in [0, 0.1) is 0 Å². The number of allylic oxidation sites excluding steroid dienone is 2. The lowest BCUT2D eigenvalue weighted by Crippen LogP contribution is -2.46. The average molecular weight is 398 g/mol. The highest BCUT2D eigenvalue weighted by atomic mass is 16.5. The van der Waals surface area contributed by atoms with Gasteiger partial charge in [0, 0.05) is 37.2 Å².